The van der Waals surface area contributed by atoms with E-state index in [4.69, 9.17) is 16.0 Å². The van der Waals surface area contributed by atoms with Crippen LogP contribution < -0.4 is 10.6 Å². The Bertz CT molecular complexity index is 623. The fraction of sp³-hybridized carbons (Fsp3) is 0.389. The molecule has 0 radical (unpaired) electrons. The Hall–Kier alpha value is -1.98. The minimum Gasteiger partial charge on any atom is -0.467 e. The maximum Gasteiger partial charge on any atom is 0.191 e. The van der Waals surface area contributed by atoms with Crippen LogP contribution in [-0.2, 0) is 6.54 Å². The van der Waals surface area contributed by atoms with Crippen LogP contribution in [0.4, 0.5) is 0 Å². The number of nitrogens with one attached hydrogen (secondary N) is 2. The number of hydrogen-bond donors (Lipinski definition) is 2. The molecule has 0 aliphatic heterocycles. The molecule has 130 valence electrons. The van der Waals surface area contributed by atoms with Crippen LogP contribution in [0.5, 0.6) is 0 Å². The van der Waals surface area contributed by atoms with E-state index in [-0.39, 0.29) is 6.04 Å². The Kier molecular flexibility index (Phi) is 7.15. The normalized spacial score (nSPS) is 13.1. The third-order valence-corrected chi connectivity index (χ3v) is 3.91. The van der Waals surface area contributed by atoms with E-state index in [9.17, 15) is 0 Å². The summed E-state index contributed by atoms with van der Waals surface area (Å²) in [5, 5.41) is 7.41. The molecule has 2 N–H and O–H groups in total. The predicted octanol–water partition coefficient (Wildman–Crippen LogP) is 3.29. The van der Waals surface area contributed by atoms with Crippen molar-refractivity contribution in [3.8, 4) is 0 Å². The zero-order valence-corrected chi connectivity index (χ0v) is 15.2. The summed E-state index contributed by atoms with van der Waals surface area (Å²) in [7, 11) is 4.13. The first-order valence-electron chi connectivity index (χ1n) is 8.06. The topological polar surface area (TPSA) is 52.8 Å². The van der Waals surface area contributed by atoms with Gasteiger partial charge >= 0.3 is 0 Å². The largest absolute Gasteiger partial charge is 0.467 e. The Morgan fingerprint density at radius 1 is 1.21 bits per heavy atom. The lowest BCUT2D eigenvalue weighted by atomic mass is 10.1. The summed E-state index contributed by atoms with van der Waals surface area (Å²) in [6.45, 7) is 4.10. The van der Waals surface area contributed by atoms with E-state index in [1.54, 1.807) is 6.26 Å². The van der Waals surface area contributed by atoms with Gasteiger partial charge in [-0.15, -0.1) is 0 Å². The van der Waals surface area contributed by atoms with Crippen LogP contribution in [0.15, 0.2) is 52.1 Å². The van der Waals surface area contributed by atoms with Crippen molar-refractivity contribution >= 4 is 17.6 Å². The lowest BCUT2D eigenvalue weighted by Crippen LogP contribution is -2.41. The molecular weight excluding hydrogens is 324 g/mol. The van der Waals surface area contributed by atoms with Crippen molar-refractivity contribution < 1.29 is 4.42 Å². The van der Waals surface area contributed by atoms with Gasteiger partial charge in [0.2, 0.25) is 0 Å². The number of aliphatic imine (C=N–C) groups is 1. The zero-order valence-electron chi connectivity index (χ0n) is 14.4. The van der Waals surface area contributed by atoms with Gasteiger partial charge in [0.05, 0.1) is 12.3 Å². The lowest BCUT2D eigenvalue weighted by Gasteiger charge is -2.26. The number of rotatable bonds is 7. The Balaban J connectivity index is 2.01. The number of guanidine groups is 1. The SMILES string of the molecule is CCNC(=NCc1ccco1)NCC(c1ccc(Cl)cc1)N(C)C. The highest BCUT2D eigenvalue weighted by Crippen LogP contribution is 2.19. The smallest absolute Gasteiger partial charge is 0.191 e. The van der Waals surface area contributed by atoms with Gasteiger partial charge in [-0.1, -0.05) is 23.7 Å². The van der Waals surface area contributed by atoms with Crippen LogP contribution >= 0.6 is 11.6 Å². The van der Waals surface area contributed by atoms with Crippen molar-refractivity contribution in [3.05, 3.63) is 59.0 Å². The third-order valence-electron chi connectivity index (χ3n) is 3.66. The molecule has 1 aromatic carbocycles. The van der Waals surface area contributed by atoms with Crippen molar-refractivity contribution in [2.75, 3.05) is 27.2 Å². The Morgan fingerprint density at radius 2 is 1.96 bits per heavy atom. The maximum atomic E-state index is 5.99. The Morgan fingerprint density at radius 3 is 2.54 bits per heavy atom. The molecule has 0 amide bonds. The summed E-state index contributed by atoms with van der Waals surface area (Å²) in [5.74, 6) is 1.61. The molecular formula is C18H25ClN4O. The van der Waals surface area contributed by atoms with Gasteiger partial charge in [-0.3, -0.25) is 0 Å². The molecule has 0 spiro atoms. The van der Waals surface area contributed by atoms with Crippen molar-refractivity contribution in [1.82, 2.24) is 15.5 Å². The number of halogens is 1. The van der Waals surface area contributed by atoms with Crippen LogP contribution in [0.25, 0.3) is 0 Å². The van der Waals surface area contributed by atoms with Crippen molar-refractivity contribution in [3.63, 3.8) is 0 Å². The molecule has 0 saturated carbocycles. The van der Waals surface area contributed by atoms with Crippen LogP contribution in [-0.4, -0.2) is 38.0 Å². The van der Waals surface area contributed by atoms with Crippen molar-refractivity contribution in [2.45, 2.75) is 19.5 Å². The minimum absolute atomic E-state index is 0.217. The quantitative estimate of drug-likeness (QED) is 0.595. The van der Waals surface area contributed by atoms with Gasteiger partial charge in [0, 0.05) is 18.1 Å². The second-order valence-corrected chi connectivity index (χ2v) is 6.12. The van der Waals surface area contributed by atoms with Gasteiger partial charge < -0.3 is 20.0 Å². The molecule has 0 saturated heterocycles. The van der Waals surface area contributed by atoms with E-state index < -0.39 is 0 Å². The fourth-order valence-corrected chi connectivity index (χ4v) is 2.50. The molecule has 2 rings (SSSR count). The van der Waals surface area contributed by atoms with E-state index in [1.807, 2.05) is 31.2 Å². The summed E-state index contributed by atoms with van der Waals surface area (Å²) in [5.41, 5.74) is 1.21. The van der Waals surface area contributed by atoms with Gasteiger partial charge in [0.25, 0.3) is 0 Å². The summed E-state index contributed by atoms with van der Waals surface area (Å²) >= 11 is 5.99. The average molecular weight is 349 g/mol. The van der Waals surface area contributed by atoms with Gasteiger partial charge in [-0.05, 0) is 50.8 Å². The van der Waals surface area contributed by atoms with Crippen LogP contribution in [0.1, 0.15) is 24.3 Å². The zero-order chi connectivity index (χ0) is 17.4. The molecule has 24 heavy (non-hydrogen) atoms. The van der Waals surface area contributed by atoms with Gasteiger partial charge in [0.1, 0.15) is 12.3 Å². The van der Waals surface area contributed by atoms with Crippen LogP contribution in [0.2, 0.25) is 5.02 Å². The summed E-state index contributed by atoms with van der Waals surface area (Å²) in [4.78, 5) is 6.73. The molecule has 2 aromatic rings. The lowest BCUT2D eigenvalue weighted by molar-refractivity contribution is 0.298. The number of benzene rings is 1. The highest BCUT2D eigenvalue weighted by atomic mass is 35.5. The number of hydrogen-bond acceptors (Lipinski definition) is 3. The first-order chi connectivity index (χ1) is 11.6. The highest BCUT2D eigenvalue weighted by Gasteiger charge is 2.14. The van der Waals surface area contributed by atoms with E-state index in [1.165, 1.54) is 5.56 Å². The Labute approximate surface area is 148 Å². The first kappa shape index (κ1) is 18.4. The molecule has 1 heterocycles. The molecule has 1 atom stereocenters. The fourth-order valence-electron chi connectivity index (χ4n) is 2.38. The second kappa shape index (κ2) is 9.35. The maximum absolute atomic E-state index is 5.99. The number of likely N-dealkylation sites (N-methyl/N-ethyl adjacent to an activating group) is 1. The average Bonchev–Trinajstić information content (AvgIpc) is 3.07. The van der Waals surface area contributed by atoms with Crippen molar-refractivity contribution in [2.24, 2.45) is 4.99 Å². The predicted molar refractivity (Wildman–Crippen MR) is 99.4 cm³/mol. The molecule has 6 heteroatoms. The van der Waals surface area contributed by atoms with Crippen molar-refractivity contribution in [1.29, 1.82) is 0 Å². The second-order valence-electron chi connectivity index (χ2n) is 5.69. The molecule has 0 bridgehead atoms. The monoisotopic (exact) mass is 348 g/mol. The van der Waals surface area contributed by atoms with Crippen LogP contribution in [0, 0.1) is 0 Å². The van der Waals surface area contributed by atoms with Gasteiger partial charge in [-0.25, -0.2) is 4.99 Å². The molecule has 0 aliphatic rings. The molecule has 0 fully saturated rings. The molecule has 5 nitrogen and oxygen atoms in total. The summed E-state index contributed by atoms with van der Waals surface area (Å²) in [6.07, 6.45) is 1.66. The standard InChI is InChI=1S/C18H25ClN4O/c1-4-20-18(21-12-16-6-5-11-24-16)22-13-17(23(2)3)14-7-9-15(19)10-8-14/h5-11,17H,4,12-13H2,1-3H3,(H2,20,21,22). The molecule has 1 unspecified atom stereocenters. The van der Waals surface area contributed by atoms with E-state index in [0.29, 0.717) is 6.54 Å². The number of furan rings is 1. The summed E-state index contributed by atoms with van der Waals surface area (Å²) < 4.78 is 5.32. The highest BCUT2D eigenvalue weighted by molar-refractivity contribution is 6.30. The number of nitrogens with zero attached hydrogens (tertiary/aromatic N) is 2. The first-order valence-corrected chi connectivity index (χ1v) is 8.44. The van der Waals surface area contributed by atoms with Gasteiger partial charge in [0.15, 0.2) is 5.96 Å². The summed E-state index contributed by atoms with van der Waals surface area (Å²) in [6, 6.07) is 12.0. The van der Waals surface area contributed by atoms with Crippen LogP contribution in [0.3, 0.4) is 0 Å². The minimum atomic E-state index is 0.217. The van der Waals surface area contributed by atoms with E-state index in [2.05, 4.69) is 46.8 Å². The van der Waals surface area contributed by atoms with E-state index in [0.717, 1.165) is 29.8 Å². The van der Waals surface area contributed by atoms with E-state index >= 15 is 0 Å². The van der Waals surface area contributed by atoms with Gasteiger partial charge in [-0.2, -0.15) is 0 Å². The molecule has 0 aliphatic carbocycles. The molecule has 1 aromatic heterocycles. The third kappa shape index (κ3) is 5.58.